The van der Waals surface area contributed by atoms with Gasteiger partial charge < -0.3 is 5.11 Å². The van der Waals surface area contributed by atoms with Gasteiger partial charge in [0.05, 0.1) is 0 Å². The number of hydrogen-bond acceptors (Lipinski definition) is 1. The van der Waals surface area contributed by atoms with E-state index in [1.54, 1.807) is 12.1 Å². The maximum absolute atomic E-state index is 13.1. The van der Waals surface area contributed by atoms with Crippen molar-refractivity contribution in [3.05, 3.63) is 69.4 Å². The van der Waals surface area contributed by atoms with Gasteiger partial charge in [-0.25, -0.2) is 4.39 Å². The minimum atomic E-state index is -0.804. The third kappa shape index (κ3) is 2.93. The molecule has 0 bridgehead atoms. The molecule has 0 saturated heterocycles. The Kier molecular flexibility index (Phi) is 3.60. The van der Waals surface area contributed by atoms with Crippen LogP contribution in [0.4, 0.5) is 4.39 Å². The van der Waals surface area contributed by atoms with Crippen molar-refractivity contribution in [2.45, 2.75) is 13.0 Å². The summed E-state index contributed by atoms with van der Waals surface area (Å²) in [7, 11) is 0. The molecule has 2 aromatic carbocycles. The standard InChI is InChI=1S/C14H12BrFO/c1-9-5-11(7-12(15)6-9)14(17)10-3-2-4-13(16)8-10/h2-8,14,17H,1H3. The second-order valence-electron chi connectivity index (χ2n) is 4.02. The number of aryl methyl sites for hydroxylation is 1. The molecular weight excluding hydrogens is 283 g/mol. The Bertz CT molecular complexity index is 519. The third-order valence-electron chi connectivity index (χ3n) is 2.54. The average Bonchev–Trinajstić information content (AvgIpc) is 2.26. The average molecular weight is 295 g/mol. The highest BCUT2D eigenvalue weighted by molar-refractivity contribution is 9.10. The molecule has 0 radical (unpaired) electrons. The summed E-state index contributed by atoms with van der Waals surface area (Å²) in [6.07, 6.45) is -0.804. The van der Waals surface area contributed by atoms with Crippen molar-refractivity contribution in [1.29, 1.82) is 0 Å². The van der Waals surface area contributed by atoms with Crippen LogP contribution in [0.1, 0.15) is 22.8 Å². The van der Waals surface area contributed by atoms with Gasteiger partial charge in [0.2, 0.25) is 0 Å². The van der Waals surface area contributed by atoms with Crippen LogP contribution in [0, 0.1) is 12.7 Å². The van der Waals surface area contributed by atoms with Crippen molar-refractivity contribution in [3.8, 4) is 0 Å². The second-order valence-corrected chi connectivity index (χ2v) is 4.94. The Morgan fingerprint density at radius 2 is 1.88 bits per heavy atom. The summed E-state index contributed by atoms with van der Waals surface area (Å²) < 4.78 is 14.0. The summed E-state index contributed by atoms with van der Waals surface area (Å²) in [6.45, 7) is 1.95. The molecule has 1 unspecified atom stereocenters. The number of hydrogen-bond donors (Lipinski definition) is 1. The first-order valence-corrected chi connectivity index (χ1v) is 6.06. The van der Waals surface area contributed by atoms with Crippen molar-refractivity contribution < 1.29 is 9.50 Å². The molecule has 1 N–H and O–H groups in total. The van der Waals surface area contributed by atoms with Gasteiger partial charge in [-0.05, 0) is 47.9 Å². The Labute approximate surface area is 108 Å². The predicted molar refractivity (Wildman–Crippen MR) is 69.3 cm³/mol. The van der Waals surface area contributed by atoms with Gasteiger partial charge in [-0.1, -0.05) is 34.1 Å². The summed E-state index contributed by atoms with van der Waals surface area (Å²) in [6, 6.07) is 11.7. The minimum absolute atomic E-state index is 0.340. The normalized spacial score (nSPS) is 12.5. The van der Waals surface area contributed by atoms with Crippen molar-refractivity contribution in [2.75, 3.05) is 0 Å². The number of rotatable bonds is 2. The van der Waals surface area contributed by atoms with Gasteiger partial charge in [-0.15, -0.1) is 0 Å². The molecule has 2 rings (SSSR count). The zero-order valence-electron chi connectivity index (χ0n) is 9.32. The van der Waals surface area contributed by atoms with Crippen LogP contribution in [0.25, 0.3) is 0 Å². The fourth-order valence-electron chi connectivity index (χ4n) is 1.79. The molecule has 0 saturated carbocycles. The topological polar surface area (TPSA) is 20.2 Å². The molecule has 3 heteroatoms. The van der Waals surface area contributed by atoms with Gasteiger partial charge in [0.25, 0.3) is 0 Å². The fourth-order valence-corrected chi connectivity index (χ4v) is 2.42. The molecule has 0 fully saturated rings. The lowest BCUT2D eigenvalue weighted by molar-refractivity contribution is 0.219. The van der Waals surface area contributed by atoms with E-state index in [4.69, 9.17) is 0 Å². The van der Waals surface area contributed by atoms with E-state index in [2.05, 4.69) is 15.9 Å². The first kappa shape index (κ1) is 12.3. The predicted octanol–water partition coefficient (Wildman–Crippen LogP) is 3.98. The second kappa shape index (κ2) is 4.98. The molecule has 1 nitrogen and oxygen atoms in total. The van der Waals surface area contributed by atoms with Crippen LogP contribution in [0.3, 0.4) is 0 Å². The van der Waals surface area contributed by atoms with E-state index in [0.29, 0.717) is 5.56 Å². The molecule has 2 aromatic rings. The minimum Gasteiger partial charge on any atom is -0.384 e. The maximum Gasteiger partial charge on any atom is 0.123 e. The van der Waals surface area contributed by atoms with Crippen LogP contribution in [0.2, 0.25) is 0 Å². The van der Waals surface area contributed by atoms with E-state index >= 15 is 0 Å². The maximum atomic E-state index is 13.1. The first-order chi connectivity index (χ1) is 8.06. The summed E-state index contributed by atoms with van der Waals surface area (Å²) in [4.78, 5) is 0. The molecule has 17 heavy (non-hydrogen) atoms. The molecule has 0 aliphatic rings. The number of benzene rings is 2. The summed E-state index contributed by atoms with van der Waals surface area (Å²) in [5.74, 6) is -0.340. The van der Waals surface area contributed by atoms with Crippen LogP contribution < -0.4 is 0 Å². The quantitative estimate of drug-likeness (QED) is 0.888. The van der Waals surface area contributed by atoms with Gasteiger partial charge in [-0.3, -0.25) is 0 Å². The van der Waals surface area contributed by atoms with E-state index in [9.17, 15) is 9.50 Å². The van der Waals surface area contributed by atoms with Crippen molar-refractivity contribution in [3.63, 3.8) is 0 Å². The Morgan fingerprint density at radius 1 is 1.12 bits per heavy atom. The first-order valence-electron chi connectivity index (χ1n) is 5.27. The number of aliphatic hydroxyl groups excluding tert-OH is 1. The largest absolute Gasteiger partial charge is 0.384 e. The number of aliphatic hydroxyl groups is 1. The molecule has 0 amide bonds. The fraction of sp³-hybridized carbons (Fsp3) is 0.143. The Hall–Kier alpha value is -1.19. The zero-order chi connectivity index (χ0) is 12.4. The van der Waals surface area contributed by atoms with Crippen LogP contribution in [0.5, 0.6) is 0 Å². The molecule has 1 atom stereocenters. The van der Waals surface area contributed by atoms with E-state index in [1.807, 2.05) is 25.1 Å². The molecule has 0 aliphatic carbocycles. The van der Waals surface area contributed by atoms with Crippen molar-refractivity contribution in [1.82, 2.24) is 0 Å². The molecule has 0 heterocycles. The van der Waals surface area contributed by atoms with Crippen LogP contribution >= 0.6 is 15.9 Å². The van der Waals surface area contributed by atoms with E-state index in [0.717, 1.165) is 15.6 Å². The van der Waals surface area contributed by atoms with Gasteiger partial charge in [0, 0.05) is 4.47 Å². The van der Waals surface area contributed by atoms with Crippen LogP contribution in [-0.2, 0) is 0 Å². The van der Waals surface area contributed by atoms with Gasteiger partial charge in [-0.2, -0.15) is 0 Å². The summed E-state index contributed by atoms with van der Waals surface area (Å²) in [5, 5.41) is 10.2. The Morgan fingerprint density at radius 3 is 2.53 bits per heavy atom. The lowest BCUT2D eigenvalue weighted by Crippen LogP contribution is -2.00. The lowest BCUT2D eigenvalue weighted by atomic mass is 10.00. The molecule has 0 aromatic heterocycles. The van der Waals surface area contributed by atoms with Crippen LogP contribution in [-0.4, -0.2) is 5.11 Å². The van der Waals surface area contributed by atoms with Gasteiger partial charge in [0.1, 0.15) is 11.9 Å². The monoisotopic (exact) mass is 294 g/mol. The summed E-state index contributed by atoms with van der Waals surface area (Å²) in [5.41, 5.74) is 2.36. The van der Waals surface area contributed by atoms with E-state index in [1.165, 1.54) is 12.1 Å². The SMILES string of the molecule is Cc1cc(Br)cc(C(O)c2cccc(F)c2)c1. The smallest absolute Gasteiger partial charge is 0.123 e. The molecular formula is C14H12BrFO. The summed E-state index contributed by atoms with van der Waals surface area (Å²) >= 11 is 3.38. The third-order valence-corrected chi connectivity index (χ3v) is 3.00. The van der Waals surface area contributed by atoms with Crippen molar-refractivity contribution >= 4 is 15.9 Å². The number of halogens is 2. The highest BCUT2D eigenvalue weighted by Crippen LogP contribution is 2.26. The van der Waals surface area contributed by atoms with Gasteiger partial charge in [0.15, 0.2) is 0 Å². The van der Waals surface area contributed by atoms with E-state index < -0.39 is 6.10 Å². The molecule has 88 valence electrons. The Balaban J connectivity index is 2.39. The highest BCUT2D eigenvalue weighted by atomic mass is 79.9. The lowest BCUT2D eigenvalue weighted by Gasteiger charge is -2.12. The zero-order valence-corrected chi connectivity index (χ0v) is 10.9. The van der Waals surface area contributed by atoms with Gasteiger partial charge >= 0.3 is 0 Å². The highest BCUT2D eigenvalue weighted by Gasteiger charge is 2.11. The molecule has 0 spiro atoms. The van der Waals surface area contributed by atoms with E-state index in [-0.39, 0.29) is 5.82 Å². The molecule has 0 aliphatic heterocycles. The van der Waals surface area contributed by atoms with Crippen molar-refractivity contribution in [2.24, 2.45) is 0 Å². The van der Waals surface area contributed by atoms with Crippen LogP contribution in [0.15, 0.2) is 46.9 Å².